The first-order valence-corrected chi connectivity index (χ1v) is 6.95. The number of aromatic nitrogens is 2. The van der Waals surface area contributed by atoms with Crippen LogP contribution in [0.4, 0.5) is 11.8 Å². The van der Waals surface area contributed by atoms with E-state index >= 15 is 0 Å². The summed E-state index contributed by atoms with van der Waals surface area (Å²) in [4.78, 5) is 11.0. The molecule has 1 aromatic heterocycles. The largest absolute Gasteiger partial charge is 0.377 e. The number of nitrogens with one attached hydrogen (secondary N) is 1. The summed E-state index contributed by atoms with van der Waals surface area (Å²) in [5, 5.41) is 3.22. The number of nitrogens with zero attached hydrogens (tertiary/aromatic N) is 3. The predicted molar refractivity (Wildman–Crippen MR) is 79.9 cm³/mol. The van der Waals surface area contributed by atoms with Gasteiger partial charge in [0.2, 0.25) is 5.95 Å². The minimum atomic E-state index is 0.266. The van der Waals surface area contributed by atoms with Crippen molar-refractivity contribution in [2.75, 3.05) is 37.0 Å². The van der Waals surface area contributed by atoms with Crippen molar-refractivity contribution < 1.29 is 4.74 Å². The molecular weight excluding hydrogens is 240 g/mol. The second kappa shape index (κ2) is 7.94. The molecule has 0 fully saturated rings. The molecule has 5 heteroatoms. The van der Waals surface area contributed by atoms with Crippen molar-refractivity contribution in [3.8, 4) is 0 Å². The first-order valence-electron chi connectivity index (χ1n) is 6.95. The van der Waals surface area contributed by atoms with Crippen LogP contribution < -0.4 is 10.2 Å². The molecule has 1 rings (SSSR count). The van der Waals surface area contributed by atoms with E-state index in [1.807, 2.05) is 33.9 Å². The second-order valence-electron chi connectivity index (χ2n) is 4.96. The van der Waals surface area contributed by atoms with Gasteiger partial charge in [-0.15, -0.1) is 0 Å². The molecule has 1 heterocycles. The lowest BCUT2D eigenvalue weighted by atomic mass is 10.4. The van der Waals surface area contributed by atoms with Crippen LogP contribution >= 0.6 is 0 Å². The van der Waals surface area contributed by atoms with Crippen molar-refractivity contribution in [1.82, 2.24) is 9.97 Å². The van der Waals surface area contributed by atoms with E-state index in [9.17, 15) is 0 Å². The van der Waals surface area contributed by atoms with Crippen molar-refractivity contribution >= 4 is 11.8 Å². The van der Waals surface area contributed by atoms with Crippen LogP contribution in [0, 0.1) is 6.92 Å². The van der Waals surface area contributed by atoms with E-state index in [-0.39, 0.29) is 6.10 Å². The zero-order chi connectivity index (χ0) is 14.3. The van der Waals surface area contributed by atoms with Crippen LogP contribution in [0.5, 0.6) is 0 Å². The molecule has 1 N–H and O–H groups in total. The molecule has 0 aliphatic carbocycles. The smallest absolute Gasteiger partial charge is 0.224 e. The van der Waals surface area contributed by atoms with Gasteiger partial charge in [-0.2, -0.15) is 4.98 Å². The lowest BCUT2D eigenvalue weighted by Gasteiger charge is -2.20. The Bertz CT molecular complexity index is 382. The maximum atomic E-state index is 5.56. The molecule has 0 aliphatic rings. The second-order valence-corrected chi connectivity index (χ2v) is 4.96. The highest BCUT2D eigenvalue weighted by atomic mass is 16.5. The maximum Gasteiger partial charge on any atom is 0.224 e. The lowest BCUT2D eigenvalue weighted by molar-refractivity contribution is 0.0845. The fourth-order valence-electron chi connectivity index (χ4n) is 1.60. The Morgan fingerprint density at radius 3 is 2.74 bits per heavy atom. The van der Waals surface area contributed by atoms with Gasteiger partial charge in [0, 0.05) is 31.9 Å². The van der Waals surface area contributed by atoms with E-state index in [1.54, 1.807) is 0 Å². The number of anilines is 2. The van der Waals surface area contributed by atoms with Gasteiger partial charge in [0.05, 0.1) is 12.7 Å². The van der Waals surface area contributed by atoms with Gasteiger partial charge in [0.1, 0.15) is 5.82 Å². The number of aryl methyl sites for hydroxylation is 1. The van der Waals surface area contributed by atoms with Gasteiger partial charge in [-0.1, -0.05) is 6.92 Å². The molecule has 0 amide bonds. The summed E-state index contributed by atoms with van der Waals surface area (Å²) in [6.07, 6.45) is 1.33. The molecule has 0 unspecified atom stereocenters. The number of rotatable bonds is 8. The summed E-state index contributed by atoms with van der Waals surface area (Å²) >= 11 is 0. The molecule has 0 spiro atoms. The van der Waals surface area contributed by atoms with E-state index in [0.29, 0.717) is 12.6 Å². The third-order valence-electron chi connectivity index (χ3n) is 2.64. The molecule has 19 heavy (non-hydrogen) atoms. The Morgan fingerprint density at radius 2 is 2.11 bits per heavy atom. The van der Waals surface area contributed by atoms with Crippen molar-refractivity contribution in [3.63, 3.8) is 0 Å². The van der Waals surface area contributed by atoms with Crippen LogP contribution in [0.3, 0.4) is 0 Å². The summed E-state index contributed by atoms with van der Waals surface area (Å²) in [5.41, 5.74) is 0.972. The van der Waals surface area contributed by atoms with E-state index in [4.69, 9.17) is 4.74 Å². The molecular formula is C14H26N4O. The highest BCUT2D eigenvalue weighted by molar-refractivity contribution is 5.44. The van der Waals surface area contributed by atoms with Crippen LogP contribution in [-0.4, -0.2) is 42.8 Å². The topological polar surface area (TPSA) is 50.3 Å². The van der Waals surface area contributed by atoms with Gasteiger partial charge >= 0.3 is 0 Å². The Labute approximate surface area is 116 Å². The summed E-state index contributed by atoms with van der Waals surface area (Å²) in [7, 11) is 2.02. The van der Waals surface area contributed by atoms with Crippen LogP contribution in [0.25, 0.3) is 0 Å². The van der Waals surface area contributed by atoms with Gasteiger partial charge < -0.3 is 15.0 Å². The fraction of sp³-hybridized carbons (Fsp3) is 0.714. The van der Waals surface area contributed by atoms with Crippen molar-refractivity contribution in [3.05, 3.63) is 11.8 Å². The van der Waals surface area contributed by atoms with Crippen LogP contribution in [-0.2, 0) is 4.74 Å². The van der Waals surface area contributed by atoms with Gasteiger partial charge in [-0.05, 0) is 27.2 Å². The average Bonchev–Trinajstić information content (AvgIpc) is 2.35. The van der Waals surface area contributed by atoms with Gasteiger partial charge in [-0.25, -0.2) is 4.98 Å². The average molecular weight is 266 g/mol. The van der Waals surface area contributed by atoms with Gasteiger partial charge in [0.25, 0.3) is 0 Å². The van der Waals surface area contributed by atoms with E-state index in [2.05, 4.69) is 27.1 Å². The summed E-state index contributed by atoms with van der Waals surface area (Å²) in [6, 6.07) is 1.99. The first-order chi connectivity index (χ1) is 9.02. The predicted octanol–water partition coefficient (Wildman–Crippen LogP) is 2.47. The number of hydrogen-bond donors (Lipinski definition) is 1. The number of ether oxygens (including phenoxy) is 1. The maximum absolute atomic E-state index is 5.56. The molecule has 0 atom stereocenters. The van der Waals surface area contributed by atoms with E-state index in [1.165, 1.54) is 0 Å². The Morgan fingerprint density at radius 1 is 1.37 bits per heavy atom. The third kappa shape index (κ3) is 5.87. The molecule has 1 aromatic rings. The fourth-order valence-corrected chi connectivity index (χ4v) is 1.60. The standard InChI is InChI=1S/C14H26N4O/c1-6-7-15-14-16-12(4)10-13(17-14)18(5)8-9-19-11(2)3/h10-11H,6-9H2,1-5H3,(H,15,16,17). The first kappa shape index (κ1) is 15.7. The highest BCUT2D eigenvalue weighted by Crippen LogP contribution is 2.13. The van der Waals surface area contributed by atoms with Crippen LogP contribution in [0.1, 0.15) is 32.9 Å². The number of likely N-dealkylation sites (N-methyl/N-ethyl adjacent to an activating group) is 1. The summed E-state index contributed by atoms with van der Waals surface area (Å²) in [6.45, 7) is 10.6. The molecule has 0 saturated heterocycles. The summed E-state index contributed by atoms with van der Waals surface area (Å²) in [5.74, 6) is 1.63. The van der Waals surface area contributed by atoms with E-state index < -0.39 is 0 Å². The minimum absolute atomic E-state index is 0.266. The van der Waals surface area contributed by atoms with Crippen molar-refractivity contribution in [1.29, 1.82) is 0 Å². The molecule has 0 aromatic carbocycles. The monoisotopic (exact) mass is 266 g/mol. The van der Waals surface area contributed by atoms with Crippen LogP contribution in [0.15, 0.2) is 6.07 Å². The van der Waals surface area contributed by atoms with Crippen molar-refractivity contribution in [2.45, 2.75) is 40.2 Å². The Balaban J connectivity index is 2.62. The zero-order valence-corrected chi connectivity index (χ0v) is 12.7. The normalized spacial score (nSPS) is 10.8. The number of hydrogen-bond acceptors (Lipinski definition) is 5. The molecule has 0 aliphatic heterocycles. The molecule has 5 nitrogen and oxygen atoms in total. The zero-order valence-electron chi connectivity index (χ0n) is 12.7. The van der Waals surface area contributed by atoms with Gasteiger partial charge in [0.15, 0.2) is 0 Å². The molecule has 0 radical (unpaired) electrons. The SMILES string of the molecule is CCCNc1nc(C)cc(N(C)CCOC(C)C)n1. The molecule has 0 bridgehead atoms. The Hall–Kier alpha value is -1.36. The summed E-state index contributed by atoms with van der Waals surface area (Å²) < 4.78 is 5.56. The lowest BCUT2D eigenvalue weighted by Crippen LogP contribution is -2.25. The van der Waals surface area contributed by atoms with Gasteiger partial charge in [-0.3, -0.25) is 0 Å². The van der Waals surface area contributed by atoms with Crippen LogP contribution in [0.2, 0.25) is 0 Å². The molecule has 108 valence electrons. The highest BCUT2D eigenvalue weighted by Gasteiger charge is 2.07. The third-order valence-corrected chi connectivity index (χ3v) is 2.64. The Kier molecular flexibility index (Phi) is 6.56. The minimum Gasteiger partial charge on any atom is -0.377 e. The van der Waals surface area contributed by atoms with Crippen molar-refractivity contribution in [2.24, 2.45) is 0 Å². The van der Waals surface area contributed by atoms with E-state index in [0.717, 1.165) is 31.0 Å². The quantitative estimate of drug-likeness (QED) is 0.783. The molecule has 0 saturated carbocycles.